The van der Waals surface area contributed by atoms with Crippen LogP contribution < -0.4 is 4.74 Å². The molecular weight excluding hydrogens is 532 g/mol. The van der Waals surface area contributed by atoms with Gasteiger partial charge in [-0.2, -0.15) is 0 Å². The number of carbonyl (C=O) groups excluding carboxylic acids is 2. The molecule has 0 aliphatic rings. The first kappa shape index (κ1) is 26.8. The van der Waals surface area contributed by atoms with Gasteiger partial charge in [0.2, 0.25) is 0 Å². The number of likely N-dealkylation sites (N-methyl/N-ethyl adjacent to an activating group) is 1. The molecule has 2 unspecified atom stereocenters. The molecule has 1 rings (SSSR count). The van der Waals surface area contributed by atoms with Gasteiger partial charge in [-0.25, -0.2) is 9.36 Å². The van der Waals surface area contributed by atoms with E-state index in [1.54, 1.807) is 12.1 Å². The van der Waals surface area contributed by atoms with Gasteiger partial charge in [-0.1, -0.05) is 0 Å². The minimum Gasteiger partial charge on any atom is -0.482 e. The topological polar surface area (TPSA) is 118 Å². The summed E-state index contributed by atoms with van der Waals surface area (Å²) in [4.78, 5) is 32.8. The maximum Gasteiger partial charge on any atom is 0.472 e. The summed E-state index contributed by atoms with van der Waals surface area (Å²) < 4.78 is 38.7. The quantitative estimate of drug-likeness (QED) is 0.167. The summed E-state index contributed by atoms with van der Waals surface area (Å²) in [5.74, 6) is -0.843. The number of ether oxygens (including phenoxy) is 3. The zero-order chi connectivity index (χ0) is 22.8. The molecule has 0 aliphatic carbocycles. The minimum absolute atomic E-state index is 0.0266. The van der Waals surface area contributed by atoms with Crippen LogP contribution in [0, 0.1) is 3.57 Å². The molecule has 1 aromatic carbocycles. The third-order valence-corrected chi connectivity index (χ3v) is 5.16. The van der Waals surface area contributed by atoms with Crippen LogP contribution in [0.1, 0.15) is 6.92 Å². The van der Waals surface area contributed by atoms with Crippen LogP contribution in [-0.2, 0) is 32.7 Å². The number of phosphoric acid groups is 1. The first-order chi connectivity index (χ1) is 13.9. The Hall–Kier alpha value is -1.24. The SMILES string of the molecule is CC(=O)OCC(COC(=O)COc1ccc(I)cc1)OP(=O)(O)OCC[N+](C)(C)C. The van der Waals surface area contributed by atoms with Crippen molar-refractivity contribution in [2.45, 2.75) is 13.0 Å². The number of nitrogens with zero attached hydrogens (tertiary/aromatic N) is 1. The Kier molecular flexibility index (Phi) is 11.2. The molecule has 0 fully saturated rings. The van der Waals surface area contributed by atoms with Crippen LogP contribution in [0.4, 0.5) is 0 Å². The number of hydrogen-bond donors (Lipinski definition) is 1. The molecule has 10 nitrogen and oxygen atoms in total. The largest absolute Gasteiger partial charge is 0.482 e. The van der Waals surface area contributed by atoms with Gasteiger partial charge in [-0.15, -0.1) is 0 Å². The number of halogens is 1. The summed E-state index contributed by atoms with van der Waals surface area (Å²) in [5, 5.41) is 0. The van der Waals surface area contributed by atoms with Crippen molar-refractivity contribution in [3.63, 3.8) is 0 Å². The molecule has 0 aromatic heterocycles. The maximum atomic E-state index is 12.1. The Balaban J connectivity index is 2.53. The second kappa shape index (κ2) is 12.6. The summed E-state index contributed by atoms with van der Waals surface area (Å²) in [6.07, 6.45) is -1.18. The molecule has 0 aliphatic heterocycles. The van der Waals surface area contributed by atoms with E-state index in [2.05, 4.69) is 22.6 Å². The molecule has 1 N–H and O–H groups in total. The lowest BCUT2D eigenvalue weighted by Gasteiger charge is -2.25. The fraction of sp³-hybridized carbons (Fsp3) is 0.556. The second-order valence-corrected chi connectivity index (χ2v) is 9.92. The smallest absolute Gasteiger partial charge is 0.472 e. The number of quaternary nitrogens is 1. The highest BCUT2D eigenvalue weighted by Crippen LogP contribution is 2.44. The summed E-state index contributed by atoms with van der Waals surface area (Å²) in [6, 6.07) is 7.05. The number of hydrogen-bond acceptors (Lipinski definition) is 8. The van der Waals surface area contributed by atoms with E-state index in [4.69, 9.17) is 23.3 Å². The third kappa shape index (κ3) is 13.1. The molecule has 30 heavy (non-hydrogen) atoms. The van der Waals surface area contributed by atoms with E-state index < -0.39 is 32.5 Å². The van der Waals surface area contributed by atoms with Gasteiger partial charge in [0.1, 0.15) is 38.2 Å². The van der Waals surface area contributed by atoms with Gasteiger partial charge in [-0.3, -0.25) is 13.8 Å². The van der Waals surface area contributed by atoms with Gasteiger partial charge in [0, 0.05) is 10.5 Å². The van der Waals surface area contributed by atoms with E-state index in [1.807, 2.05) is 33.3 Å². The molecule has 0 saturated carbocycles. The van der Waals surface area contributed by atoms with Crippen molar-refractivity contribution in [2.75, 3.05) is 54.1 Å². The fourth-order valence-electron chi connectivity index (χ4n) is 1.87. The van der Waals surface area contributed by atoms with Gasteiger partial charge in [0.05, 0.1) is 21.1 Å². The summed E-state index contributed by atoms with van der Waals surface area (Å²) in [5.41, 5.74) is 0. The highest BCUT2D eigenvalue weighted by molar-refractivity contribution is 14.1. The third-order valence-electron chi connectivity index (χ3n) is 3.37. The van der Waals surface area contributed by atoms with Crippen molar-refractivity contribution in [3.05, 3.63) is 27.8 Å². The Morgan fingerprint density at radius 3 is 2.30 bits per heavy atom. The van der Waals surface area contributed by atoms with Gasteiger partial charge in [0.15, 0.2) is 6.61 Å². The molecule has 0 radical (unpaired) electrons. The van der Waals surface area contributed by atoms with Crippen LogP contribution in [0.2, 0.25) is 0 Å². The van der Waals surface area contributed by atoms with Crippen LogP contribution in [0.3, 0.4) is 0 Å². The van der Waals surface area contributed by atoms with Crippen molar-refractivity contribution >= 4 is 42.4 Å². The molecule has 1 aromatic rings. The van der Waals surface area contributed by atoms with E-state index >= 15 is 0 Å². The monoisotopic (exact) mass is 560 g/mol. The highest BCUT2D eigenvalue weighted by atomic mass is 127. The van der Waals surface area contributed by atoms with Crippen molar-refractivity contribution in [2.24, 2.45) is 0 Å². The van der Waals surface area contributed by atoms with E-state index in [0.29, 0.717) is 16.8 Å². The number of benzene rings is 1. The first-order valence-corrected chi connectivity index (χ1v) is 11.6. The zero-order valence-electron chi connectivity index (χ0n) is 17.4. The number of rotatable bonds is 13. The van der Waals surface area contributed by atoms with Gasteiger partial charge < -0.3 is 23.6 Å². The molecule has 170 valence electrons. The molecule has 0 heterocycles. The van der Waals surface area contributed by atoms with Gasteiger partial charge in [0.25, 0.3) is 0 Å². The minimum atomic E-state index is -4.45. The fourth-order valence-corrected chi connectivity index (χ4v) is 3.10. The first-order valence-electron chi connectivity index (χ1n) is 9.00. The molecule has 0 saturated heterocycles. The van der Waals surface area contributed by atoms with Gasteiger partial charge >= 0.3 is 19.8 Å². The normalized spacial score (nSPS) is 14.5. The summed E-state index contributed by atoms with van der Waals surface area (Å²) >= 11 is 2.14. The van der Waals surface area contributed by atoms with Crippen LogP contribution in [-0.4, -0.2) is 81.5 Å². The predicted octanol–water partition coefficient (Wildman–Crippen LogP) is 1.98. The lowest BCUT2D eigenvalue weighted by Crippen LogP contribution is -2.37. The molecule has 0 amide bonds. The summed E-state index contributed by atoms with van der Waals surface area (Å²) in [7, 11) is 1.24. The maximum absolute atomic E-state index is 12.1. The predicted molar refractivity (Wildman–Crippen MR) is 116 cm³/mol. The molecule has 12 heteroatoms. The van der Waals surface area contributed by atoms with Crippen LogP contribution in [0.5, 0.6) is 5.75 Å². The van der Waals surface area contributed by atoms with E-state index in [9.17, 15) is 19.0 Å². The standard InChI is InChI=1S/C18H27INO9P/c1-14(21)25-11-17(29-30(23,24)28-10-9-20(2,3)4)12-27-18(22)13-26-16-7-5-15(19)6-8-16/h5-8,17H,9-13H2,1-4H3/p+1. The Morgan fingerprint density at radius 2 is 1.73 bits per heavy atom. The molecule has 0 spiro atoms. The van der Waals surface area contributed by atoms with Crippen molar-refractivity contribution in [1.29, 1.82) is 0 Å². The average Bonchev–Trinajstić information content (AvgIpc) is 2.62. The number of carbonyl (C=O) groups is 2. The highest BCUT2D eigenvalue weighted by Gasteiger charge is 2.29. The van der Waals surface area contributed by atoms with Crippen LogP contribution >= 0.6 is 30.4 Å². The van der Waals surface area contributed by atoms with E-state index in [-0.39, 0.29) is 19.8 Å². The average molecular weight is 560 g/mol. The molecule has 0 bridgehead atoms. The molecular formula is C18H28INO9P+. The van der Waals surface area contributed by atoms with Crippen LogP contribution in [0.15, 0.2) is 24.3 Å². The lowest BCUT2D eigenvalue weighted by atomic mass is 10.3. The number of phosphoric ester groups is 1. The Morgan fingerprint density at radius 1 is 1.13 bits per heavy atom. The van der Waals surface area contributed by atoms with E-state index in [1.165, 1.54) is 6.92 Å². The molecule has 2 atom stereocenters. The number of esters is 2. The van der Waals surface area contributed by atoms with Crippen LogP contribution in [0.25, 0.3) is 0 Å². The Bertz CT molecular complexity index is 736. The van der Waals surface area contributed by atoms with Crippen molar-refractivity contribution in [1.82, 2.24) is 0 Å². The van der Waals surface area contributed by atoms with Gasteiger partial charge in [-0.05, 0) is 46.9 Å². The summed E-state index contributed by atoms with van der Waals surface area (Å²) in [6.45, 7) is 0.440. The lowest BCUT2D eigenvalue weighted by molar-refractivity contribution is -0.870. The van der Waals surface area contributed by atoms with Crippen molar-refractivity contribution in [3.8, 4) is 5.75 Å². The van der Waals surface area contributed by atoms with Crippen molar-refractivity contribution < 1.29 is 46.8 Å². The Labute approximate surface area is 189 Å². The second-order valence-electron chi connectivity index (χ2n) is 7.27. The zero-order valence-corrected chi connectivity index (χ0v) is 20.5. The van der Waals surface area contributed by atoms with E-state index in [0.717, 1.165) is 3.57 Å².